The molecule has 2 amide bonds. The number of aromatic nitrogens is 2. The molecule has 7 nitrogen and oxygen atoms in total. The molecule has 0 unspecified atom stereocenters. The number of thiazole rings is 1. The Bertz CT molecular complexity index is 886. The number of amides is 2. The van der Waals surface area contributed by atoms with Crippen LogP contribution in [0.4, 0.5) is 0 Å². The zero-order valence-corrected chi connectivity index (χ0v) is 13.8. The Balaban J connectivity index is 1.76. The summed E-state index contributed by atoms with van der Waals surface area (Å²) in [5.74, 6) is -0.624. The second-order valence-corrected chi connectivity index (χ2v) is 6.05. The van der Waals surface area contributed by atoms with E-state index in [4.69, 9.17) is 4.52 Å². The molecule has 0 radical (unpaired) electrons. The standard InChI is InChI=1S/C16H14N4O3S/c1-9-13(14(20-23-9)11-6-4-3-5-7-11)16(22)19-18-15(21)12-8-24-10(2)17-12/h3-8H,1-2H3,(H,18,21)(H,19,22). The van der Waals surface area contributed by atoms with Gasteiger partial charge in [-0.1, -0.05) is 35.5 Å². The van der Waals surface area contributed by atoms with Gasteiger partial charge in [0.05, 0.1) is 5.01 Å². The van der Waals surface area contributed by atoms with Crippen LogP contribution < -0.4 is 10.9 Å². The number of nitrogens with one attached hydrogen (secondary N) is 2. The summed E-state index contributed by atoms with van der Waals surface area (Å²) in [5, 5.41) is 6.33. The number of rotatable bonds is 3. The van der Waals surface area contributed by atoms with Crippen molar-refractivity contribution >= 4 is 23.2 Å². The zero-order valence-electron chi connectivity index (χ0n) is 13.0. The van der Waals surface area contributed by atoms with Gasteiger partial charge in [-0.05, 0) is 13.8 Å². The Kier molecular flexibility index (Phi) is 4.39. The Labute approximate surface area is 141 Å². The predicted octanol–water partition coefficient (Wildman–Crippen LogP) is 2.49. The maximum atomic E-state index is 12.4. The Hall–Kier alpha value is -3.00. The Morgan fingerprint density at radius 1 is 1.08 bits per heavy atom. The van der Waals surface area contributed by atoms with Crippen LogP contribution in [0.3, 0.4) is 0 Å². The van der Waals surface area contributed by atoms with E-state index >= 15 is 0 Å². The lowest BCUT2D eigenvalue weighted by molar-refractivity contribution is 0.0843. The van der Waals surface area contributed by atoms with Gasteiger partial charge < -0.3 is 4.52 Å². The summed E-state index contributed by atoms with van der Waals surface area (Å²) >= 11 is 1.36. The largest absolute Gasteiger partial charge is 0.360 e. The summed E-state index contributed by atoms with van der Waals surface area (Å²) in [6.07, 6.45) is 0. The number of benzene rings is 1. The molecule has 0 aliphatic heterocycles. The van der Waals surface area contributed by atoms with Gasteiger partial charge in [0, 0.05) is 10.9 Å². The number of nitrogens with zero attached hydrogens (tertiary/aromatic N) is 2. The van der Waals surface area contributed by atoms with Gasteiger partial charge in [0.2, 0.25) is 0 Å². The van der Waals surface area contributed by atoms with Gasteiger partial charge in [-0.3, -0.25) is 20.4 Å². The van der Waals surface area contributed by atoms with Crippen molar-refractivity contribution < 1.29 is 14.1 Å². The summed E-state index contributed by atoms with van der Waals surface area (Å²) in [6.45, 7) is 3.44. The van der Waals surface area contributed by atoms with E-state index in [0.29, 0.717) is 11.5 Å². The van der Waals surface area contributed by atoms with Crippen LogP contribution in [-0.2, 0) is 0 Å². The minimum absolute atomic E-state index is 0.253. The molecule has 2 heterocycles. The van der Waals surface area contributed by atoms with Gasteiger partial charge in [0.1, 0.15) is 22.7 Å². The van der Waals surface area contributed by atoms with Crippen LogP contribution in [0, 0.1) is 13.8 Å². The highest BCUT2D eigenvalue weighted by Crippen LogP contribution is 2.24. The van der Waals surface area contributed by atoms with Gasteiger partial charge in [-0.2, -0.15) is 0 Å². The highest BCUT2D eigenvalue weighted by Gasteiger charge is 2.22. The number of aryl methyl sites for hydroxylation is 2. The number of hydrogen-bond donors (Lipinski definition) is 2. The van der Waals surface area contributed by atoms with E-state index < -0.39 is 11.8 Å². The van der Waals surface area contributed by atoms with Gasteiger partial charge in [0.25, 0.3) is 11.8 Å². The molecule has 0 aliphatic rings. The molecule has 3 rings (SSSR count). The monoisotopic (exact) mass is 342 g/mol. The fourth-order valence-corrected chi connectivity index (χ4v) is 2.73. The molecule has 2 aromatic heterocycles. The van der Waals surface area contributed by atoms with Gasteiger partial charge in [-0.15, -0.1) is 11.3 Å². The fraction of sp³-hybridized carbons (Fsp3) is 0.125. The van der Waals surface area contributed by atoms with Crippen molar-refractivity contribution in [3.63, 3.8) is 0 Å². The third-order valence-electron chi connectivity index (χ3n) is 3.28. The first kappa shape index (κ1) is 15.9. The van der Waals surface area contributed by atoms with E-state index in [9.17, 15) is 9.59 Å². The Morgan fingerprint density at radius 2 is 1.79 bits per heavy atom. The molecular formula is C16H14N4O3S. The van der Waals surface area contributed by atoms with E-state index in [1.54, 1.807) is 19.2 Å². The molecule has 0 saturated carbocycles. The molecule has 0 saturated heterocycles. The first-order valence-corrected chi connectivity index (χ1v) is 7.98. The topological polar surface area (TPSA) is 97.1 Å². The molecule has 0 atom stereocenters. The SMILES string of the molecule is Cc1nc(C(=O)NNC(=O)c2c(-c3ccccc3)noc2C)cs1. The maximum Gasteiger partial charge on any atom is 0.289 e. The molecule has 3 aromatic rings. The number of hydrazine groups is 1. The first-order chi connectivity index (χ1) is 11.6. The van der Waals surface area contributed by atoms with E-state index in [1.165, 1.54) is 11.3 Å². The van der Waals surface area contributed by atoms with Crippen LogP contribution in [0.1, 0.15) is 31.6 Å². The Morgan fingerprint density at radius 3 is 2.46 bits per heavy atom. The molecule has 0 bridgehead atoms. The third-order valence-corrected chi connectivity index (χ3v) is 4.05. The van der Waals surface area contributed by atoms with Crippen molar-refractivity contribution in [2.24, 2.45) is 0 Å². The van der Waals surface area contributed by atoms with Crippen LogP contribution in [0.2, 0.25) is 0 Å². The summed E-state index contributed by atoms with van der Waals surface area (Å²) in [4.78, 5) is 28.4. The molecular weight excluding hydrogens is 328 g/mol. The van der Waals surface area contributed by atoms with Crippen molar-refractivity contribution in [2.75, 3.05) is 0 Å². The smallest absolute Gasteiger partial charge is 0.289 e. The van der Waals surface area contributed by atoms with Crippen molar-refractivity contribution in [1.82, 2.24) is 21.0 Å². The zero-order chi connectivity index (χ0) is 17.1. The molecule has 122 valence electrons. The lowest BCUT2D eigenvalue weighted by Crippen LogP contribution is -2.42. The summed E-state index contributed by atoms with van der Waals surface area (Å²) in [6, 6.07) is 9.20. The van der Waals surface area contributed by atoms with Crippen molar-refractivity contribution in [3.8, 4) is 11.3 Å². The van der Waals surface area contributed by atoms with Gasteiger partial charge in [-0.25, -0.2) is 4.98 Å². The fourth-order valence-electron chi connectivity index (χ4n) is 2.14. The van der Waals surface area contributed by atoms with Gasteiger partial charge >= 0.3 is 0 Å². The highest BCUT2D eigenvalue weighted by molar-refractivity contribution is 7.09. The summed E-state index contributed by atoms with van der Waals surface area (Å²) in [5.41, 5.74) is 6.41. The minimum atomic E-state index is -0.507. The molecule has 8 heteroatoms. The number of carbonyl (C=O) groups is 2. The predicted molar refractivity (Wildman–Crippen MR) is 88.5 cm³/mol. The van der Waals surface area contributed by atoms with E-state index in [2.05, 4.69) is 21.0 Å². The van der Waals surface area contributed by atoms with E-state index in [0.717, 1.165) is 10.6 Å². The quantitative estimate of drug-likeness (QED) is 0.713. The van der Waals surface area contributed by atoms with Crippen LogP contribution in [0.25, 0.3) is 11.3 Å². The average Bonchev–Trinajstić information content (AvgIpc) is 3.19. The summed E-state index contributed by atoms with van der Waals surface area (Å²) in [7, 11) is 0. The average molecular weight is 342 g/mol. The number of carbonyl (C=O) groups excluding carboxylic acids is 2. The number of hydrogen-bond acceptors (Lipinski definition) is 6. The van der Waals surface area contributed by atoms with Crippen molar-refractivity contribution in [2.45, 2.75) is 13.8 Å². The van der Waals surface area contributed by atoms with E-state index in [-0.39, 0.29) is 11.3 Å². The normalized spacial score (nSPS) is 10.4. The van der Waals surface area contributed by atoms with Crippen LogP contribution in [0.5, 0.6) is 0 Å². The second kappa shape index (κ2) is 6.63. The summed E-state index contributed by atoms with van der Waals surface area (Å²) < 4.78 is 5.13. The lowest BCUT2D eigenvalue weighted by Gasteiger charge is -2.06. The molecule has 1 aromatic carbocycles. The second-order valence-electron chi connectivity index (χ2n) is 4.99. The van der Waals surface area contributed by atoms with Crippen molar-refractivity contribution in [3.05, 3.63) is 57.7 Å². The first-order valence-electron chi connectivity index (χ1n) is 7.10. The third kappa shape index (κ3) is 3.18. The molecule has 0 aliphatic carbocycles. The minimum Gasteiger partial charge on any atom is -0.360 e. The molecule has 24 heavy (non-hydrogen) atoms. The van der Waals surface area contributed by atoms with Crippen molar-refractivity contribution in [1.29, 1.82) is 0 Å². The maximum absolute atomic E-state index is 12.4. The lowest BCUT2D eigenvalue weighted by atomic mass is 10.1. The van der Waals surface area contributed by atoms with Crippen LogP contribution in [-0.4, -0.2) is 22.0 Å². The van der Waals surface area contributed by atoms with Crippen LogP contribution in [0.15, 0.2) is 40.2 Å². The molecule has 0 fully saturated rings. The molecule has 2 N–H and O–H groups in total. The highest BCUT2D eigenvalue weighted by atomic mass is 32.1. The van der Waals surface area contributed by atoms with E-state index in [1.807, 2.05) is 30.3 Å². The molecule has 0 spiro atoms. The van der Waals surface area contributed by atoms with Gasteiger partial charge in [0.15, 0.2) is 0 Å². The van der Waals surface area contributed by atoms with Crippen LogP contribution >= 0.6 is 11.3 Å².